The lowest BCUT2D eigenvalue weighted by molar-refractivity contribution is 0.250. The van der Waals surface area contributed by atoms with E-state index in [1.807, 2.05) is 12.4 Å². The van der Waals surface area contributed by atoms with Gasteiger partial charge in [0.2, 0.25) is 5.95 Å². The number of anilines is 1. The van der Waals surface area contributed by atoms with Gasteiger partial charge in [0, 0.05) is 25.5 Å². The standard InChI is InChI=1S/C13H19N5/c1-18-7-2-4-11(10-18)12-8-16-13(17-9-12)15-6-3-5-14/h8-9,11H,2-4,6-7,10H2,1H3,(H,15,16,17). The molecule has 1 aromatic rings. The maximum absolute atomic E-state index is 8.45. The summed E-state index contributed by atoms with van der Waals surface area (Å²) in [5, 5.41) is 11.5. The molecule has 1 saturated heterocycles. The van der Waals surface area contributed by atoms with Crippen molar-refractivity contribution in [2.45, 2.75) is 25.2 Å². The second-order valence-corrected chi connectivity index (χ2v) is 4.78. The van der Waals surface area contributed by atoms with Gasteiger partial charge >= 0.3 is 0 Å². The number of nitriles is 1. The zero-order chi connectivity index (χ0) is 12.8. The summed E-state index contributed by atoms with van der Waals surface area (Å²) in [4.78, 5) is 11.0. The number of hydrogen-bond donors (Lipinski definition) is 1. The topological polar surface area (TPSA) is 64.8 Å². The summed E-state index contributed by atoms with van der Waals surface area (Å²) in [6.45, 7) is 2.87. The van der Waals surface area contributed by atoms with Crippen molar-refractivity contribution in [2.75, 3.05) is 32.0 Å². The van der Waals surface area contributed by atoms with Gasteiger partial charge in [0.1, 0.15) is 0 Å². The SMILES string of the molecule is CN1CCCC(c2cnc(NCCC#N)nc2)C1. The molecule has 0 spiro atoms. The zero-order valence-electron chi connectivity index (χ0n) is 10.8. The van der Waals surface area contributed by atoms with Gasteiger partial charge in [0.25, 0.3) is 0 Å². The Kier molecular flexibility index (Phi) is 4.48. The Hall–Kier alpha value is -1.67. The molecule has 5 heteroatoms. The van der Waals surface area contributed by atoms with Gasteiger partial charge in [-0.3, -0.25) is 0 Å². The van der Waals surface area contributed by atoms with Crippen molar-refractivity contribution >= 4 is 5.95 Å². The Morgan fingerprint density at radius 3 is 2.94 bits per heavy atom. The molecule has 1 aromatic heterocycles. The van der Waals surface area contributed by atoms with Crippen molar-refractivity contribution in [2.24, 2.45) is 0 Å². The molecule has 18 heavy (non-hydrogen) atoms. The van der Waals surface area contributed by atoms with Gasteiger partial charge in [0.15, 0.2) is 0 Å². The third kappa shape index (κ3) is 3.41. The van der Waals surface area contributed by atoms with Crippen molar-refractivity contribution < 1.29 is 0 Å². The fourth-order valence-electron chi connectivity index (χ4n) is 2.31. The Balaban J connectivity index is 1.92. The number of piperidine rings is 1. The second kappa shape index (κ2) is 6.31. The van der Waals surface area contributed by atoms with E-state index < -0.39 is 0 Å². The monoisotopic (exact) mass is 245 g/mol. The van der Waals surface area contributed by atoms with Crippen LogP contribution in [-0.4, -0.2) is 41.5 Å². The third-order valence-electron chi connectivity index (χ3n) is 3.29. The summed E-state index contributed by atoms with van der Waals surface area (Å²) in [6.07, 6.45) is 6.74. The number of nitrogens with zero attached hydrogens (tertiary/aromatic N) is 4. The molecule has 1 N–H and O–H groups in total. The van der Waals surface area contributed by atoms with Crippen LogP contribution in [0.3, 0.4) is 0 Å². The van der Waals surface area contributed by atoms with Crippen LogP contribution < -0.4 is 5.32 Å². The van der Waals surface area contributed by atoms with E-state index in [0.29, 0.717) is 24.8 Å². The van der Waals surface area contributed by atoms with Gasteiger partial charge < -0.3 is 10.2 Å². The van der Waals surface area contributed by atoms with Crippen LogP contribution in [0.25, 0.3) is 0 Å². The quantitative estimate of drug-likeness (QED) is 0.816. The number of nitrogens with one attached hydrogen (secondary N) is 1. The first-order valence-corrected chi connectivity index (χ1v) is 6.41. The predicted octanol–water partition coefficient (Wildman–Crippen LogP) is 1.61. The third-order valence-corrected chi connectivity index (χ3v) is 3.29. The molecular formula is C13H19N5. The minimum Gasteiger partial charge on any atom is -0.353 e. The van der Waals surface area contributed by atoms with Crippen LogP contribution in [0, 0.1) is 11.3 Å². The zero-order valence-corrected chi connectivity index (χ0v) is 10.8. The highest BCUT2D eigenvalue weighted by Gasteiger charge is 2.19. The lowest BCUT2D eigenvalue weighted by Crippen LogP contribution is -2.30. The molecule has 5 nitrogen and oxygen atoms in total. The summed E-state index contributed by atoms with van der Waals surface area (Å²) < 4.78 is 0. The van der Waals surface area contributed by atoms with Crippen LogP contribution in [0.1, 0.15) is 30.7 Å². The van der Waals surface area contributed by atoms with Crippen LogP contribution >= 0.6 is 0 Å². The van der Waals surface area contributed by atoms with Gasteiger partial charge in [-0.15, -0.1) is 0 Å². The molecule has 1 atom stereocenters. The van der Waals surface area contributed by atoms with Crippen molar-refractivity contribution in [3.05, 3.63) is 18.0 Å². The summed E-state index contributed by atoms with van der Waals surface area (Å²) in [5.74, 6) is 1.16. The van der Waals surface area contributed by atoms with Crippen molar-refractivity contribution in [3.63, 3.8) is 0 Å². The lowest BCUT2D eigenvalue weighted by atomic mass is 9.93. The molecule has 0 aliphatic carbocycles. The molecule has 0 radical (unpaired) electrons. The number of likely N-dealkylation sites (tertiary alicyclic amines) is 1. The molecule has 1 unspecified atom stereocenters. The lowest BCUT2D eigenvalue weighted by Gasteiger charge is -2.29. The first kappa shape index (κ1) is 12.8. The molecule has 2 rings (SSSR count). The largest absolute Gasteiger partial charge is 0.353 e. The maximum atomic E-state index is 8.45. The van der Waals surface area contributed by atoms with Crippen molar-refractivity contribution in [1.29, 1.82) is 5.26 Å². The van der Waals surface area contributed by atoms with E-state index in [1.165, 1.54) is 24.9 Å². The summed E-state index contributed by atoms with van der Waals surface area (Å²) in [5.41, 5.74) is 1.22. The number of hydrogen-bond acceptors (Lipinski definition) is 5. The molecule has 1 aliphatic rings. The highest BCUT2D eigenvalue weighted by Crippen LogP contribution is 2.25. The van der Waals surface area contributed by atoms with E-state index in [1.54, 1.807) is 0 Å². The highest BCUT2D eigenvalue weighted by atomic mass is 15.1. The van der Waals surface area contributed by atoms with E-state index in [-0.39, 0.29) is 0 Å². The van der Waals surface area contributed by atoms with E-state index in [0.717, 1.165) is 6.54 Å². The first-order valence-electron chi connectivity index (χ1n) is 6.41. The molecule has 0 amide bonds. The second-order valence-electron chi connectivity index (χ2n) is 4.78. The van der Waals surface area contributed by atoms with Gasteiger partial charge in [-0.1, -0.05) is 0 Å². The summed E-state index contributed by atoms with van der Waals surface area (Å²) >= 11 is 0. The first-order chi connectivity index (χ1) is 8.79. The molecule has 0 aromatic carbocycles. The van der Waals surface area contributed by atoms with Crippen LogP contribution in [0.2, 0.25) is 0 Å². The Morgan fingerprint density at radius 2 is 2.28 bits per heavy atom. The molecule has 2 heterocycles. The van der Waals surface area contributed by atoms with Gasteiger partial charge in [-0.05, 0) is 37.9 Å². The van der Waals surface area contributed by atoms with Gasteiger partial charge in [0.05, 0.1) is 12.5 Å². The van der Waals surface area contributed by atoms with Gasteiger partial charge in [-0.2, -0.15) is 5.26 Å². The van der Waals surface area contributed by atoms with E-state index >= 15 is 0 Å². The van der Waals surface area contributed by atoms with Gasteiger partial charge in [-0.25, -0.2) is 9.97 Å². The Morgan fingerprint density at radius 1 is 1.50 bits per heavy atom. The van der Waals surface area contributed by atoms with Crippen molar-refractivity contribution in [1.82, 2.24) is 14.9 Å². The Labute approximate surface area is 108 Å². The number of aromatic nitrogens is 2. The highest BCUT2D eigenvalue weighted by molar-refractivity contribution is 5.26. The fraction of sp³-hybridized carbons (Fsp3) is 0.615. The molecule has 0 saturated carbocycles. The van der Waals surface area contributed by atoms with E-state index in [9.17, 15) is 0 Å². The molecule has 1 aliphatic heterocycles. The minimum absolute atomic E-state index is 0.471. The van der Waals surface area contributed by atoms with Crippen LogP contribution in [0.5, 0.6) is 0 Å². The van der Waals surface area contributed by atoms with E-state index in [2.05, 4.69) is 33.3 Å². The molecule has 1 fully saturated rings. The maximum Gasteiger partial charge on any atom is 0.222 e. The molecule has 96 valence electrons. The predicted molar refractivity (Wildman–Crippen MR) is 70.2 cm³/mol. The average Bonchev–Trinajstić information content (AvgIpc) is 2.40. The van der Waals surface area contributed by atoms with Crippen molar-refractivity contribution in [3.8, 4) is 6.07 Å². The molecule has 0 bridgehead atoms. The summed E-state index contributed by atoms with van der Waals surface area (Å²) in [6, 6.07) is 2.08. The van der Waals surface area contributed by atoms with Crippen LogP contribution in [0.15, 0.2) is 12.4 Å². The number of rotatable bonds is 4. The normalized spacial score (nSPS) is 20.3. The average molecular weight is 245 g/mol. The summed E-state index contributed by atoms with van der Waals surface area (Å²) in [7, 11) is 2.16. The Bertz CT molecular complexity index is 408. The van der Waals surface area contributed by atoms with Crippen LogP contribution in [-0.2, 0) is 0 Å². The fourth-order valence-corrected chi connectivity index (χ4v) is 2.31. The molecular weight excluding hydrogens is 226 g/mol. The smallest absolute Gasteiger partial charge is 0.222 e. The van der Waals surface area contributed by atoms with E-state index in [4.69, 9.17) is 5.26 Å². The minimum atomic E-state index is 0.471. The van der Waals surface area contributed by atoms with Crippen LogP contribution in [0.4, 0.5) is 5.95 Å². The number of likely N-dealkylation sites (N-methyl/N-ethyl adjacent to an activating group) is 1.